The zero-order valence-electron chi connectivity index (χ0n) is 8.41. The lowest BCUT2D eigenvalue weighted by atomic mass is 10.3. The van der Waals surface area contributed by atoms with Crippen molar-refractivity contribution < 1.29 is 30.0 Å². The highest BCUT2D eigenvalue weighted by Gasteiger charge is 2.33. The van der Waals surface area contributed by atoms with Crippen LogP contribution in [0.5, 0.6) is 0 Å². The van der Waals surface area contributed by atoms with E-state index in [-0.39, 0.29) is 13.1 Å². The number of carboxylic acid groups (broad SMARTS) is 1. The third-order valence-electron chi connectivity index (χ3n) is 2.32. The van der Waals surface area contributed by atoms with Gasteiger partial charge in [-0.15, -0.1) is 0 Å². The minimum absolute atomic E-state index is 0.0647. The number of aliphatic hydroxyl groups excluding tert-OH is 3. The molecule has 0 aromatic heterocycles. The van der Waals surface area contributed by atoms with Crippen molar-refractivity contribution in [3.8, 4) is 0 Å². The molecular weight excluding hydrogens is 220 g/mol. The largest absolute Gasteiger partial charge is 0.480 e. The Morgan fingerprint density at radius 1 is 1.31 bits per heavy atom. The number of β-amino-alcohol motifs (C(OH)–C–C–N with tert-alkyl or cyclic N) is 2. The predicted molar refractivity (Wildman–Crippen MR) is 50.6 cm³/mol. The van der Waals surface area contributed by atoms with E-state index in [4.69, 9.17) is 10.2 Å². The lowest BCUT2D eigenvalue weighted by Gasteiger charge is -2.19. The molecule has 0 aliphatic carbocycles. The minimum atomic E-state index is -1.39. The molecule has 1 aliphatic rings. The standard InChI is InChI=1S/C8H14N2O6/c11-3-4(7(14)15)9-8(16)10-1-5(12)6(13)2-10/h4-6,11-13H,1-3H2,(H,9,16)(H,14,15). The van der Waals surface area contributed by atoms with Crippen LogP contribution in [0.1, 0.15) is 0 Å². The highest BCUT2D eigenvalue weighted by atomic mass is 16.4. The Bertz CT molecular complexity index is 274. The zero-order valence-corrected chi connectivity index (χ0v) is 8.41. The Hall–Kier alpha value is -1.38. The number of hydrogen-bond acceptors (Lipinski definition) is 5. The van der Waals surface area contributed by atoms with E-state index in [9.17, 15) is 19.8 Å². The van der Waals surface area contributed by atoms with Gasteiger partial charge in [0.05, 0.1) is 31.9 Å². The minimum Gasteiger partial charge on any atom is -0.480 e. The molecule has 0 aromatic carbocycles. The molecule has 3 atom stereocenters. The Morgan fingerprint density at radius 3 is 2.19 bits per heavy atom. The normalized spacial score (nSPS) is 26.6. The summed E-state index contributed by atoms with van der Waals surface area (Å²) in [5.74, 6) is -1.35. The van der Waals surface area contributed by atoms with Crippen molar-refractivity contribution in [1.82, 2.24) is 10.2 Å². The number of carboxylic acids is 1. The molecule has 8 nitrogen and oxygen atoms in total. The SMILES string of the molecule is O=C(O)C(CO)NC(=O)N1CC(O)C(O)C1. The molecule has 1 rings (SSSR count). The number of nitrogens with one attached hydrogen (secondary N) is 1. The third-order valence-corrected chi connectivity index (χ3v) is 2.32. The molecule has 1 aliphatic heterocycles. The quantitative estimate of drug-likeness (QED) is 0.358. The number of hydrogen-bond donors (Lipinski definition) is 5. The maximum Gasteiger partial charge on any atom is 0.328 e. The molecule has 0 spiro atoms. The molecule has 1 fully saturated rings. The lowest BCUT2D eigenvalue weighted by molar-refractivity contribution is -0.140. The summed E-state index contributed by atoms with van der Waals surface area (Å²) in [5, 5.41) is 37.7. The second-order valence-corrected chi connectivity index (χ2v) is 3.56. The van der Waals surface area contributed by atoms with Crippen LogP contribution in [0.25, 0.3) is 0 Å². The van der Waals surface area contributed by atoms with Crippen LogP contribution in [-0.2, 0) is 4.79 Å². The first-order valence-corrected chi connectivity index (χ1v) is 4.71. The molecule has 0 saturated carbocycles. The fourth-order valence-corrected chi connectivity index (χ4v) is 1.36. The molecule has 1 heterocycles. The van der Waals surface area contributed by atoms with Gasteiger partial charge in [-0.1, -0.05) is 0 Å². The number of amides is 2. The summed E-state index contributed by atoms with van der Waals surface area (Å²) in [6, 6.07) is -2.13. The third kappa shape index (κ3) is 2.81. The maximum atomic E-state index is 11.4. The van der Waals surface area contributed by atoms with E-state index in [0.29, 0.717) is 0 Å². The first kappa shape index (κ1) is 12.7. The molecule has 1 saturated heterocycles. The van der Waals surface area contributed by atoms with Crippen molar-refractivity contribution >= 4 is 12.0 Å². The lowest BCUT2D eigenvalue weighted by Crippen LogP contribution is -2.49. The number of carbonyl (C=O) groups excluding carboxylic acids is 1. The van der Waals surface area contributed by atoms with Crippen LogP contribution in [0.15, 0.2) is 0 Å². The fourth-order valence-electron chi connectivity index (χ4n) is 1.36. The van der Waals surface area contributed by atoms with Gasteiger partial charge in [-0.3, -0.25) is 0 Å². The van der Waals surface area contributed by atoms with Crippen molar-refractivity contribution in [1.29, 1.82) is 0 Å². The van der Waals surface area contributed by atoms with Crippen LogP contribution < -0.4 is 5.32 Å². The summed E-state index contributed by atoms with van der Waals surface area (Å²) in [6.07, 6.45) is -2.05. The van der Waals surface area contributed by atoms with E-state index in [1.165, 1.54) is 0 Å². The van der Waals surface area contributed by atoms with Gasteiger partial charge in [-0.2, -0.15) is 0 Å². The van der Waals surface area contributed by atoms with Crippen LogP contribution in [0.3, 0.4) is 0 Å². The van der Waals surface area contributed by atoms with Gasteiger partial charge >= 0.3 is 12.0 Å². The summed E-state index contributed by atoms with van der Waals surface area (Å²) >= 11 is 0. The molecule has 16 heavy (non-hydrogen) atoms. The van der Waals surface area contributed by atoms with Crippen LogP contribution in [0, 0.1) is 0 Å². The van der Waals surface area contributed by atoms with E-state index in [1.807, 2.05) is 0 Å². The number of carbonyl (C=O) groups is 2. The van der Waals surface area contributed by atoms with Crippen LogP contribution in [0.4, 0.5) is 4.79 Å². The first-order valence-electron chi connectivity index (χ1n) is 4.71. The number of nitrogens with zero attached hydrogens (tertiary/aromatic N) is 1. The number of rotatable bonds is 3. The van der Waals surface area contributed by atoms with E-state index in [1.54, 1.807) is 0 Å². The number of aliphatic carboxylic acids is 1. The van der Waals surface area contributed by atoms with Crippen molar-refractivity contribution in [3.05, 3.63) is 0 Å². The molecule has 0 radical (unpaired) electrons. The predicted octanol–water partition coefficient (Wildman–Crippen LogP) is -2.82. The number of likely N-dealkylation sites (tertiary alicyclic amines) is 1. The summed E-state index contributed by atoms with van der Waals surface area (Å²) in [6.45, 7) is -0.852. The maximum absolute atomic E-state index is 11.4. The molecular formula is C8H14N2O6. The second kappa shape index (κ2) is 5.10. The van der Waals surface area contributed by atoms with E-state index in [0.717, 1.165) is 4.90 Å². The van der Waals surface area contributed by atoms with Gasteiger partial charge in [-0.05, 0) is 0 Å². The Kier molecular flexibility index (Phi) is 4.05. The molecule has 0 aromatic rings. The fraction of sp³-hybridized carbons (Fsp3) is 0.750. The summed E-state index contributed by atoms with van der Waals surface area (Å²) < 4.78 is 0. The highest BCUT2D eigenvalue weighted by Crippen LogP contribution is 2.09. The van der Waals surface area contributed by atoms with Gasteiger partial charge in [-0.25, -0.2) is 9.59 Å². The number of urea groups is 1. The molecule has 8 heteroatoms. The van der Waals surface area contributed by atoms with Crippen molar-refractivity contribution in [2.75, 3.05) is 19.7 Å². The van der Waals surface area contributed by atoms with Crippen molar-refractivity contribution in [2.45, 2.75) is 18.2 Å². The van der Waals surface area contributed by atoms with E-state index in [2.05, 4.69) is 5.32 Å². The summed E-state index contributed by atoms with van der Waals surface area (Å²) in [5.41, 5.74) is 0. The summed E-state index contributed by atoms with van der Waals surface area (Å²) in [7, 11) is 0. The van der Waals surface area contributed by atoms with Gasteiger partial charge in [0.1, 0.15) is 0 Å². The molecule has 0 bridgehead atoms. The Morgan fingerprint density at radius 2 is 1.81 bits per heavy atom. The molecule has 3 unspecified atom stereocenters. The van der Waals surface area contributed by atoms with Gasteiger partial charge in [0.15, 0.2) is 6.04 Å². The monoisotopic (exact) mass is 234 g/mol. The van der Waals surface area contributed by atoms with Gasteiger partial charge in [0, 0.05) is 0 Å². The highest BCUT2D eigenvalue weighted by molar-refractivity contribution is 5.82. The van der Waals surface area contributed by atoms with Gasteiger partial charge in [0.25, 0.3) is 0 Å². The summed E-state index contributed by atoms with van der Waals surface area (Å²) in [4.78, 5) is 23.0. The Balaban J connectivity index is 2.50. The van der Waals surface area contributed by atoms with Crippen molar-refractivity contribution in [3.63, 3.8) is 0 Å². The average molecular weight is 234 g/mol. The zero-order chi connectivity index (χ0) is 12.3. The van der Waals surface area contributed by atoms with Gasteiger partial charge < -0.3 is 30.6 Å². The molecule has 5 N–H and O–H groups in total. The molecule has 2 amide bonds. The Labute approximate surface area is 91.1 Å². The first-order chi connectivity index (χ1) is 7.45. The molecule has 92 valence electrons. The van der Waals surface area contributed by atoms with Crippen LogP contribution >= 0.6 is 0 Å². The number of aliphatic hydroxyl groups is 3. The van der Waals surface area contributed by atoms with Gasteiger partial charge in [0.2, 0.25) is 0 Å². The van der Waals surface area contributed by atoms with Crippen LogP contribution in [0.2, 0.25) is 0 Å². The van der Waals surface area contributed by atoms with Crippen LogP contribution in [-0.4, -0.2) is 75.3 Å². The smallest absolute Gasteiger partial charge is 0.328 e. The van der Waals surface area contributed by atoms with E-state index < -0.39 is 36.9 Å². The second-order valence-electron chi connectivity index (χ2n) is 3.56. The topological polar surface area (TPSA) is 130 Å². The van der Waals surface area contributed by atoms with E-state index >= 15 is 0 Å². The van der Waals surface area contributed by atoms with Crippen molar-refractivity contribution in [2.24, 2.45) is 0 Å². The average Bonchev–Trinajstić information content (AvgIpc) is 2.55.